The van der Waals surface area contributed by atoms with Crippen LogP contribution in [0, 0.1) is 5.92 Å². The summed E-state index contributed by atoms with van der Waals surface area (Å²) in [4.78, 5) is 35.1. The molecule has 0 saturated heterocycles. The van der Waals surface area contributed by atoms with Crippen LogP contribution in [0.4, 0.5) is 0 Å². The molecule has 1 aromatic rings. The second-order valence-corrected chi connectivity index (χ2v) is 7.03. The van der Waals surface area contributed by atoms with Crippen molar-refractivity contribution < 1.29 is 19.5 Å². The molecule has 3 atom stereocenters. The topological polar surface area (TPSA) is 122 Å². The van der Waals surface area contributed by atoms with E-state index in [0.717, 1.165) is 5.56 Å². The molecule has 0 unspecified atom stereocenters. The summed E-state index contributed by atoms with van der Waals surface area (Å²) in [6, 6.07) is 5.32. The number of carboxylic acids is 1. The van der Waals surface area contributed by atoms with Gasteiger partial charge in [0, 0.05) is 23.9 Å². The third-order valence-electron chi connectivity index (χ3n) is 4.06. The molecule has 152 valence electrons. The van der Waals surface area contributed by atoms with Crippen molar-refractivity contribution in [2.24, 2.45) is 11.7 Å². The highest BCUT2D eigenvalue weighted by Crippen LogP contribution is 2.21. The number of nitrogens with two attached hydrogens (primary N) is 1. The molecule has 1 aromatic carbocycles. The molecule has 1 rings (SSSR count). The zero-order chi connectivity index (χ0) is 19.9. The van der Waals surface area contributed by atoms with Crippen LogP contribution in [0.15, 0.2) is 24.3 Å². The van der Waals surface area contributed by atoms with Gasteiger partial charge in [-0.2, -0.15) is 0 Å². The van der Waals surface area contributed by atoms with E-state index >= 15 is 0 Å². The van der Waals surface area contributed by atoms with E-state index in [2.05, 4.69) is 10.6 Å². The summed E-state index contributed by atoms with van der Waals surface area (Å²) in [5.41, 5.74) is 6.64. The highest BCUT2D eigenvalue weighted by molar-refractivity contribution is 6.30. The molecule has 0 radical (unpaired) electrons. The molecule has 0 bridgehead atoms. The fourth-order valence-corrected chi connectivity index (χ4v) is 2.40. The lowest BCUT2D eigenvalue weighted by atomic mass is 9.94. The Kier molecular flexibility index (Phi) is 11.0. The summed E-state index contributed by atoms with van der Waals surface area (Å²) >= 11 is 5.90. The maximum atomic E-state index is 12.2. The molecule has 2 amide bonds. The van der Waals surface area contributed by atoms with E-state index in [1.54, 1.807) is 24.3 Å². The van der Waals surface area contributed by atoms with Crippen molar-refractivity contribution >= 4 is 41.8 Å². The summed E-state index contributed by atoms with van der Waals surface area (Å²) in [6.07, 6.45) is 0.0243. The fraction of sp³-hybridized carbons (Fsp3) is 0.500. The number of nitrogens with one attached hydrogen (secondary N) is 2. The Labute approximate surface area is 170 Å². The Morgan fingerprint density at radius 3 is 2.19 bits per heavy atom. The van der Waals surface area contributed by atoms with Crippen molar-refractivity contribution in [2.45, 2.75) is 45.2 Å². The van der Waals surface area contributed by atoms with Gasteiger partial charge in [-0.05, 0) is 30.5 Å². The van der Waals surface area contributed by atoms with E-state index < -0.39 is 24.0 Å². The van der Waals surface area contributed by atoms with Gasteiger partial charge in [-0.15, -0.1) is 12.4 Å². The van der Waals surface area contributed by atoms with Crippen LogP contribution in [0.25, 0.3) is 0 Å². The molecular formula is C18H27Cl2N3O4. The number of benzene rings is 1. The first-order valence-electron chi connectivity index (χ1n) is 8.42. The van der Waals surface area contributed by atoms with Gasteiger partial charge in [0.25, 0.3) is 0 Å². The van der Waals surface area contributed by atoms with Crippen LogP contribution in [0.3, 0.4) is 0 Å². The summed E-state index contributed by atoms with van der Waals surface area (Å²) in [5.74, 6) is -2.17. The first-order valence-corrected chi connectivity index (χ1v) is 8.80. The number of amides is 2. The second kappa shape index (κ2) is 11.8. The number of carbonyl (C=O) groups is 3. The maximum absolute atomic E-state index is 12.2. The van der Waals surface area contributed by atoms with Crippen LogP contribution in [0.1, 0.15) is 38.7 Å². The van der Waals surface area contributed by atoms with Gasteiger partial charge in [-0.3, -0.25) is 14.4 Å². The lowest BCUT2D eigenvalue weighted by molar-refractivity contribution is -0.141. The Morgan fingerprint density at radius 1 is 1.15 bits per heavy atom. The van der Waals surface area contributed by atoms with Crippen molar-refractivity contribution in [3.8, 4) is 0 Å². The minimum Gasteiger partial charge on any atom is -0.480 e. The van der Waals surface area contributed by atoms with E-state index in [1.165, 1.54) is 6.92 Å². The molecular weight excluding hydrogens is 393 g/mol. The number of rotatable bonds is 9. The second-order valence-electron chi connectivity index (χ2n) is 6.59. The molecule has 0 aliphatic heterocycles. The molecule has 0 aromatic heterocycles. The number of aliphatic carboxylic acids is 1. The predicted octanol–water partition coefficient (Wildman–Crippen LogP) is 1.92. The van der Waals surface area contributed by atoms with Gasteiger partial charge in [0.15, 0.2) is 0 Å². The molecule has 0 aliphatic carbocycles. The highest BCUT2D eigenvalue weighted by Gasteiger charge is 2.22. The zero-order valence-corrected chi connectivity index (χ0v) is 17.1. The molecule has 0 fully saturated rings. The molecule has 0 saturated carbocycles. The van der Waals surface area contributed by atoms with E-state index in [4.69, 9.17) is 22.4 Å². The molecule has 0 aliphatic rings. The van der Waals surface area contributed by atoms with E-state index in [-0.39, 0.29) is 43.1 Å². The number of carbonyl (C=O) groups excluding carboxylic acids is 2. The molecule has 0 spiro atoms. The average molecular weight is 420 g/mol. The van der Waals surface area contributed by atoms with E-state index in [9.17, 15) is 14.4 Å². The smallest absolute Gasteiger partial charge is 0.325 e. The summed E-state index contributed by atoms with van der Waals surface area (Å²) in [5, 5.41) is 14.6. The van der Waals surface area contributed by atoms with Crippen LogP contribution in [0.5, 0.6) is 0 Å². The van der Waals surface area contributed by atoms with Crippen molar-refractivity contribution in [2.75, 3.05) is 6.54 Å². The summed E-state index contributed by atoms with van der Waals surface area (Å²) in [6.45, 7) is 5.29. The Balaban J connectivity index is 0.00000676. The van der Waals surface area contributed by atoms with Gasteiger partial charge >= 0.3 is 5.97 Å². The number of hydrogen-bond donors (Lipinski definition) is 4. The maximum Gasteiger partial charge on any atom is 0.325 e. The van der Waals surface area contributed by atoms with Gasteiger partial charge in [-0.1, -0.05) is 37.6 Å². The van der Waals surface area contributed by atoms with Crippen molar-refractivity contribution in [3.63, 3.8) is 0 Å². The minimum absolute atomic E-state index is 0. The molecule has 9 heteroatoms. The van der Waals surface area contributed by atoms with Crippen LogP contribution in [0.2, 0.25) is 5.02 Å². The molecule has 7 nitrogen and oxygen atoms in total. The lowest BCUT2D eigenvalue weighted by Crippen LogP contribution is -2.45. The third-order valence-corrected chi connectivity index (χ3v) is 4.32. The SMILES string of the molecule is CC(C)[C@@H](N)C(=O)NC[C@@H](CC(=O)N[C@@H](C)C(=O)O)c1ccc(Cl)cc1.Cl. The largest absolute Gasteiger partial charge is 0.480 e. The van der Waals surface area contributed by atoms with Crippen LogP contribution in [-0.2, 0) is 14.4 Å². The third kappa shape index (κ3) is 8.60. The lowest BCUT2D eigenvalue weighted by Gasteiger charge is -2.21. The van der Waals surface area contributed by atoms with Crippen LogP contribution in [-0.4, -0.2) is 41.5 Å². The highest BCUT2D eigenvalue weighted by atomic mass is 35.5. The van der Waals surface area contributed by atoms with E-state index in [1.807, 2.05) is 13.8 Å². The standard InChI is InChI=1S/C18H26ClN3O4.ClH/c1-10(2)16(20)17(24)21-9-13(12-4-6-14(19)7-5-12)8-15(23)22-11(3)18(25)26;/h4-7,10-11,13,16H,8-9,20H2,1-3H3,(H,21,24)(H,22,23)(H,25,26);1H/t11-,13+,16+;/m0./s1. The fourth-order valence-electron chi connectivity index (χ4n) is 2.27. The first kappa shape index (κ1) is 25.2. The quantitative estimate of drug-likeness (QED) is 0.486. The van der Waals surface area contributed by atoms with Crippen molar-refractivity contribution in [3.05, 3.63) is 34.9 Å². The molecule has 27 heavy (non-hydrogen) atoms. The number of halogens is 2. The van der Waals surface area contributed by atoms with Crippen LogP contribution < -0.4 is 16.4 Å². The van der Waals surface area contributed by atoms with E-state index in [0.29, 0.717) is 5.02 Å². The average Bonchev–Trinajstić information content (AvgIpc) is 2.58. The first-order chi connectivity index (χ1) is 12.1. The van der Waals surface area contributed by atoms with Crippen molar-refractivity contribution in [1.82, 2.24) is 10.6 Å². The van der Waals surface area contributed by atoms with Gasteiger partial charge in [-0.25, -0.2) is 0 Å². The predicted molar refractivity (Wildman–Crippen MR) is 107 cm³/mol. The van der Waals surface area contributed by atoms with Gasteiger partial charge < -0.3 is 21.5 Å². The normalized spacial score (nSPS) is 13.9. The monoisotopic (exact) mass is 419 g/mol. The van der Waals surface area contributed by atoms with Gasteiger partial charge in [0.05, 0.1) is 6.04 Å². The van der Waals surface area contributed by atoms with Gasteiger partial charge in [0.2, 0.25) is 11.8 Å². The zero-order valence-electron chi connectivity index (χ0n) is 15.6. The Bertz CT molecular complexity index is 638. The van der Waals surface area contributed by atoms with Crippen molar-refractivity contribution in [1.29, 1.82) is 0 Å². The summed E-state index contributed by atoms with van der Waals surface area (Å²) < 4.78 is 0. The minimum atomic E-state index is -1.11. The molecule has 5 N–H and O–H groups in total. The van der Waals surface area contributed by atoms with Crippen LogP contribution >= 0.6 is 24.0 Å². The van der Waals surface area contributed by atoms with Gasteiger partial charge in [0.1, 0.15) is 6.04 Å². The number of carboxylic acid groups (broad SMARTS) is 1. The number of hydrogen-bond acceptors (Lipinski definition) is 4. The Hall–Kier alpha value is -1.83. The summed E-state index contributed by atoms with van der Waals surface area (Å²) in [7, 11) is 0. The Morgan fingerprint density at radius 2 is 1.70 bits per heavy atom. The molecule has 0 heterocycles.